The maximum Gasteiger partial charge on any atom is 0.408 e. The lowest BCUT2D eigenvalue weighted by Crippen LogP contribution is -2.53. The number of rotatable bonds is 15. The number of carbonyl (C=O) groups excluding carboxylic acids is 4. The van der Waals surface area contributed by atoms with Crippen molar-refractivity contribution < 1.29 is 28.7 Å². The minimum Gasteiger partial charge on any atom is -0.466 e. The van der Waals surface area contributed by atoms with Crippen LogP contribution in [0.2, 0.25) is 0 Å². The van der Waals surface area contributed by atoms with Crippen molar-refractivity contribution >= 4 is 23.9 Å². The van der Waals surface area contributed by atoms with Gasteiger partial charge in [-0.1, -0.05) is 63.4 Å². The van der Waals surface area contributed by atoms with Crippen molar-refractivity contribution in [2.24, 2.45) is 5.92 Å². The number of esters is 1. The van der Waals surface area contributed by atoms with Gasteiger partial charge >= 0.3 is 12.1 Å². The van der Waals surface area contributed by atoms with Gasteiger partial charge in [-0.3, -0.25) is 14.4 Å². The highest BCUT2D eigenvalue weighted by Gasteiger charge is 2.36. The summed E-state index contributed by atoms with van der Waals surface area (Å²) in [6.45, 7) is 15.6. The van der Waals surface area contributed by atoms with Crippen LogP contribution in [0.25, 0.3) is 0 Å². The first-order chi connectivity index (χ1) is 18.3. The van der Waals surface area contributed by atoms with E-state index in [1.165, 1.54) is 0 Å². The van der Waals surface area contributed by atoms with Gasteiger partial charge in [0.1, 0.15) is 17.7 Å². The van der Waals surface area contributed by atoms with Gasteiger partial charge in [-0.15, -0.1) is 0 Å². The monoisotopic (exact) mass is 547 g/mol. The van der Waals surface area contributed by atoms with Crippen molar-refractivity contribution in [1.29, 1.82) is 0 Å². The van der Waals surface area contributed by atoms with Crippen LogP contribution >= 0.6 is 0 Å². The molecule has 2 atom stereocenters. The van der Waals surface area contributed by atoms with Crippen LogP contribution in [-0.4, -0.2) is 60.1 Å². The molecular formula is C30H49N3O6. The summed E-state index contributed by atoms with van der Waals surface area (Å²) >= 11 is 0. The molecule has 0 heterocycles. The molecule has 39 heavy (non-hydrogen) atoms. The number of unbranched alkanes of at least 4 members (excludes halogenated alkanes) is 2. The number of benzene rings is 1. The zero-order valence-electron chi connectivity index (χ0n) is 25.1. The summed E-state index contributed by atoms with van der Waals surface area (Å²) in [5.41, 5.74) is 0.951. The Balaban J connectivity index is 3.40. The average molecular weight is 548 g/mol. The molecule has 9 nitrogen and oxygen atoms in total. The van der Waals surface area contributed by atoms with Gasteiger partial charge in [0.25, 0.3) is 0 Å². The van der Waals surface area contributed by atoms with Gasteiger partial charge < -0.3 is 25.0 Å². The number of carbonyl (C=O) groups is 4. The summed E-state index contributed by atoms with van der Waals surface area (Å²) < 4.78 is 10.4. The number of hydrogen-bond donors (Lipinski definition) is 2. The second-order valence-corrected chi connectivity index (χ2v) is 11.2. The number of ether oxygens (including phenoxy) is 2. The van der Waals surface area contributed by atoms with E-state index in [1.54, 1.807) is 32.6 Å². The summed E-state index contributed by atoms with van der Waals surface area (Å²) in [5, 5.41) is 5.57. The van der Waals surface area contributed by atoms with Gasteiger partial charge in [-0.2, -0.15) is 0 Å². The first-order valence-electron chi connectivity index (χ1n) is 14.1. The van der Waals surface area contributed by atoms with Crippen LogP contribution < -0.4 is 10.6 Å². The van der Waals surface area contributed by atoms with E-state index in [0.717, 1.165) is 18.4 Å². The van der Waals surface area contributed by atoms with Gasteiger partial charge in [-0.25, -0.2) is 4.79 Å². The smallest absolute Gasteiger partial charge is 0.408 e. The summed E-state index contributed by atoms with van der Waals surface area (Å²) in [6.07, 6.45) is 2.24. The Morgan fingerprint density at radius 2 is 1.64 bits per heavy atom. The summed E-state index contributed by atoms with van der Waals surface area (Å²) in [6, 6.07) is 5.66. The largest absolute Gasteiger partial charge is 0.466 e. The van der Waals surface area contributed by atoms with E-state index in [2.05, 4.69) is 17.6 Å². The maximum absolute atomic E-state index is 14.1. The molecule has 2 N–H and O–H groups in total. The van der Waals surface area contributed by atoms with Gasteiger partial charge in [0.15, 0.2) is 0 Å². The fourth-order valence-corrected chi connectivity index (χ4v) is 4.08. The van der Waals surface area contributed by atoms with Gasteiger partial charge in [0.05, 0.1) is 13.0 Å². The molecule has 0 fully saturated rings. The normalized spacial score (nSPS) is 12.8. The second-order valence-electron chi connectivity index (χ2n) is 11.2. The minimum atomic E-state index is -0.938. The Kier molecular flexibility index (Phi) is 14.6. The first kappa shape index (κ1) is 33.9. The number of nitrogens with zero attached hydrogens (tertiary/aromatic N) is 1. The van der Waals surface area contributed by atoms with E-state index in [0.29, 0.717) is 24.9 Å². The molecule has 1 rings (SSSR count). The first-order valence-corrected chi connectivity index (χ1v) is 14.1. The number of aryl methyl sites for hydroxylation is 1. The van der Waals surface area contributed by atoms with E-state index >= 15 is 0 Å². The van der Waals surface area contributed by atoms with E-state index in [4.69, 9.17) is 9.47 Å². The zero-order chi connectivity index (χ0) is 29.6. The van der Waals surface area contributed by atoms with Crippen LogP contribution in [0.15, 0.2) is 24.3 Å². The average Bonchev–Trinajstić information content (AvgIpc) is 2.82. The Bertz CT molecular complexity index is 924. The summed E-state index contributed by atoms with van der Waals surface area (Å²) in [4.78, 5) is 53.8. The maximum atomic E-state index is 14.1. The zero-order valence-corrected chi connectivity index (χ0v) is 25.1. The van der Waals surface area contributed by atoms with Crippen molar-refractivity contribution in [3.63, 3.8) is 0 Å². The van der Waals surface area contributed by atoms with Gasteiger partial charge in [0, 0.05) is 13.1 Å². The Morgan fingerprint density at radius 1 is 1.00 bits per heavy atom. The van der Waals surface area contributed by atoms with Crippen molar-refractivity contribution in [2.45, 2.75) is 105 Å². The highest BCUT2D eigenvalue weighted by Crippen LogP contribution is 2.25. The highest BCUT2D eigenvalue weighted by atomic mass is 16.6. The van der Waals surface area contributed by atoms with Crippen molar-refractivity contribution in [2.75, 3.05) is 19.7 Å². The predicted octanol–water partition coefficient (Wildman–Crippen LogP) is 5.06. The topological polar surface area (TPSA) is 114 Å². The van der Waals surface area contributed by atoms with Crippen LogP contribution in [0.4, 0.5) is 4.79 Å². The lowest BCUT2D eigenvalue weighted by molar-refractivity contribution is -0.144. The van der Waals surface area contributed by atoms with Gasteiger partial charge in [-0.05, 0) is 58.9 Å². The Morgan fingerprint density at radius 3 is 2.18 bits per heavy atom. The van der Waals surface area contributed by atoms with E-state index in [9.17, 15) is 19.2 Å². The van der Waals surface area contributed by atoms with Crippen LogP contribution in [0, 0.1) is 12.8 Å². The van der Waals surface area contributed by atoms with E-state index in [1.807, 2.05) is 45.0 Å². The second kappa shape index (κ2) is 16.8. The molecule has 220 valence electrons. The number of amides is 3. The molecule has 2 unspecified atom stereocenters. The highest BCUT2D eigenvalue weighted by molar-refractivity contribution is 5.92. The Labute approximate surface area is 234 Å². The predicted molar refractivity (Wildman–Crippen MR) is 152 cm³/mol. The SMILES string of the molecule is CCCCCN(C(=O)C(CC(C)C)NC(=O)OC(C)(C)C)C(C(=O)NCCC(=O)OCC)c1ccc(C)cc1. The third-order valence-electron chi connectivity index (χ3n) is 5.87. The molecule has 0 radical (unpaired) electrons. The fourth-order valence-electron chi connectivity index (χ4n) is 4.08. The summed E-state index contributed by atoms with van der Waals surface area (Å²) in [7, 11) is 0. The molecule has 0 aliphatic rings. The third kappa shape index (κ3) is 13.0. The third-order valence-corrected chi connectivity index (χ3v) is 5.87. The lowest BCUT2D eigenvalue weighted by Gasteiger charge is -2.35. The molecule has 0 aliphatic carbocycles. The molecule has 0 bridgehead atoms. The van der Waals surface area contributed by atoms with Crippen LogP contribution in [0.3, 0.4) is 0 Å². The quantitative estimate of drug-likeness (QED) is 0.234. The fraction of sp³-hybridized carbons (Fsp3) is 0.667. The van der Waals surface area contributed by atoms with Gasteiger partial charge in [0.2, 0.25) is 11.8 Å². The number of nitrogens with one attached hydrogen (secondary N) is 2. The molecule has 0 spiro atoms. The van der Waals surface area contributed by atoms with E-state index in [-0.39, 0.29) is 31.4 Å². The summed E-state index contributed by atoms with van der Waals surface area (Å²) in [5.74, 6) is -1.05. The molecule has 9 heteroatoms. The molecule has 0 saturated carbocycles. The minimum absolute atomic E-state index is 0.0279. The van der Waals surface area contributed by atoms with Crippen molar-refractivity contribution in [1.82, 2.24) is 15.5 Å². The number of hydrogen-bond acceptors (Lipinski definition) is 6. The number of alkyl carbamates (subject to hydrolysis) is 1. The molecule has 1 aromatic rings. The Hall–Kier alpha value is -3.10. The molecule has 1 aromatic carbocycles. The molecule has 0 aromatic heterocycles. The van der Waals surface area contributed by atoms with E-state index < -0.39 is 35.7 Å². The van der Waals surface area contributed by atoms with Crippen molar-refractivity contribution in [3.8, 4) is 0 Å². The van der Waals surface area contributed by atoms with Crippen LogP contribution in [0.1, 0.15) is 97.7 Å². The lowest BCUT2D eigenvalue weighted by atomic mass is 9.98. The standard InChI is InChI=1S/C30H49N3O6/c1-9-11-12-19-33(28(36)24(20-21(3)4)32-29(37)39-30(6,7)8)26(23-15-13-22(5)14-16-23)27(35)31-18-17-25(34)38-10-2/h13-16,21,24,26H,9-12,17-20H2,1-8H3,(H,31,35)(H,32,37). The van der Waals surface area contributed by atoms with Crippen molar-refractivity contribution in [3.05, 3.63) is 35.4 Å². The molecular weight excluding hydrogens is 498 g/mol. The van der Waals surface area contributed by atoms with Crippen LogP contribution in [-0.2, 0) is 23.9 Å². The molecule has 0 saturated heterocycles. The van der Waals surface area contributed by atoms with Crippen LogP contribution in [0.5, 0.6) is 0 Å². The molecule has 0 aliphatic heterocycles. The molecule has 3 amide bonds.